The van der Waals surface area contributed by atoms with E-state index in [9.17, 15) is 9.18 Å². The molecule has 1 aromatic rings. The molecule has 2 aliphatic rings. The van der Waals surface area contributed by atoms with Crippen molar-refractivity contribution in [2.24, 2.45) is 0 Å². The molecule has 1 unspecified atom stereocenters. The number of carbonyl (C=O) groups is 1. The summed E-state index contributed by atoms with van der Waals surface area (Å²) in [4.78, 5) is 11.4. The Hall–Kier alpha value is -1.13. The van der Waals surface area contributed by atoms with Crippen LogP contribution in [0.1, 0.15) is 48.6 Å². The highest BCUT2D eigenvalue weighted by atomic mass is 35.5. The van der Waals surface area contributed by atoms with Crippen molar-refractivity contribution in [2.45, 2.75) is 49.5 Å². The molecule has 3 nitrogen and oxygen atoms in total. The van der Waals surface area contributed by atoms with Crippen LogP contribution in [0.15, 0.2) is 12.1 Å². The van der Waals surface area contributed by atoms with E-state index in [1.807, 2.05) is 0 Å². The van der Waals surface area contributed by atoms with Gasteiger partial charge in [0.15, 0.2) is 0 Å². The fraction of sp³-hybridized carbons (Fsp3) is 0.562. The Kier molecular flexibility index (Phi) is 3.93. The minimum Gasteiger partial charge on any atom is -0.378 e. The molecule has 3 rings (SSSR count). The van der Waals surface area contributed by atoms with E-state index < -0.39 is 5.38 Å². The van der Waals surface area contributed by atoms with E-state index in [0.29, 0.717) is 30.5 Å². The van der Waals surface area contributed by atoms with Crippen molar-refractivity contribution in [3.63, 3.8) is 0 Å². The van der Waals surface area contributed by atoms with Gasteiger partial charge in [-0.15, -0.1) is 11.6 Å². The largest absolute Gasteiger partial charge is 0.378 e. The SMILES string of the molecule is COC1(CC(Cl)c2cc3c(cc2F)NC(=O)CC3)CCC1. The highest BCUT2D eigenvalue weighted by Gasteiger charge is 2.39. The number of ether oxygens (including phenoxy) is 1. The highest BCUT2D eigenvalue weighted by Crippen LogP contribution is 2.45. The average molecular weight is 312 g/mol. The molecule has 1 amide bonds. The average Bonchev–Trinajstić information content (AvgIpc) is 2.41. The molecule has 0 aromatic heterocycles. The van der Waals surface area contributed by atoms with E-state index in [1.54, 1.807) is 13.2 Å². The second-order valence-corrected chi connectivity index (χ2v) is 6.52. The lowest BCUT2D eigenvalue weighted by atomic mass is 9.76. The number of aryl methyl sites for hydroxylation is 1. The van der Waals surface area contributed by atoms with Crippen molar-refractivity contribution in [1.29, 1.82) is 0 Å². The molecule has 1 fully saturated rings. The first-order valence-electron chi connectivity index (χ1n) is 7.34. The van der Waals surface area contributed by atoms with Crippen LogP contribution in [-0.4, -0.2) is 18.6 Å². The molecule has 5 heteroatoms. The molecule has 1 N–H and O–H groups in total. The van der Waals surface area contributed by atoms with Crippen LogP contribution < -0.4 is 5.32 Å². The number of nitrogens with one attached hydrogen (secondary N) is 1. The third-order valence-corrected chi connectivity index (χ3v) is 5.09. The molecule has 0 radical (unpaired) electrons. The predicted octanol–water partition coefficient (Wildman–Crippen LogP) is 3.95. The zero-order chi connectivity index (χ0) is 15.0. The van der Waals surface area contributed by atoms with Crippen LogP contribution in [0.2, 0.25) is 0 Å². The summed E-state index contributed by atoms with van der Waals surface area (Å²) in [7, 11) is 1.70. The minimum absolute atomic E-state index is 0.0649. The van der Waals surface area contributed by atoms with Gasteiger partial charge in [0.25, 0.3) is 0 Å². The maximum Gasteiger partial charge on any atom is 0.224 e. The smallest absolute Gasteiger partial charge is 0.224 e. The standard InChI is InChI=1S/C16H19ClFNO2/c1-21-16(5-2-6-16)9-12(17)11-7-10-3-4-15(20)19-14(10)8-13(11)18/h7-8,12H,2-6,9H2,1H3,(H,19,20). The maximum atomic E-state index is 14.3. The highest BCUT2D eigenvalue weighted by molar-refractivity contribution is 6.20. The van der Waals surface area contributed by atoms with Gasteiger partial charge < -0.3 is 10.1 Å². The third kappa shape index (κ3) is 2.79. The van der Waals surface area contributed by atoms with Crippen molar-refractivity contribution in [3.05, 3.63) is 29.1 Å². The Morgan fingerprint density at radius 2 is 2.19 bits per heavy atom. The first-order valence-corrected chi connectivity index (χ1v) is 7.78. The molecule has 1 heterocycles. The summed E-state index contributed by atoms with van der Waals surface area (Å²) in [6.45, 7) is 0. The first-order chi connectivity index (χ1) is 10.0. The van der Waals surface area contributed by atoms with E-state index in [4.69, 9.17) is 16.3 Å². The minimum atomic E-state index is -0.409. The third-order valence-electron chi connectivity index (χ3n) is 4.70. The van der Waals surface area contributed by atoms with Gasteiger partial charge in [-0.05, 0) is 49.8 Å². The number of benzene rings is 1. The van der Waals surface area contributed by atoms with Gasteiger partial charge in [0.1, 0.15) is 5.82 Å². The summed E-state index contributed by atoms with van der Waals surface area (Å²) in [6.07, 6.45) is 4.79. The van der Waals surface area contributed by atoms with Gasteiger partial charge >= 0.3 is 0 Å². The Morgan fingerprint density at radius 1 is 1.43 bits per heavy atom. The lowest BCUT2D eigenvalue weighted by Crippen LogP contribution is -2.40. The molecule has 1 aromatic carbocycles. The number of amides is 1. The van der Waals surface area contributed by atoms with Crippen LogP contribution in [-0.2, 0) is 16.0 Å². The number of hydrogen-bond acceptors (Lipinski definition) is 2. The topological polar surface area (TPSA) is 38.3 Å². The summed E-state index contributed by atoms with van der Waals surface area (Å²) in [6, 6.07) is 3.18. The fourth-order valence-corrected chi connectivity index (χ4v) is 3.61. The predicted molar refractivity (Wildman–Crippen MR) is 80.2 cm³/mol. The van der Waals surface area contributed by atoms with E-state index >= 15 is 0 Å². The Labute approximate surface area is 128 Å². The fourth-order valence-electron chi connectivity index (χ4n) is 3.16. The zero-order valence-corrected chi connectivity index (χ0v) is 12.8. The Bertz CT molecular complexity index is 566. The monoisotopic (exact) mass is 311 g/mol. The van der Waals surface area contributed by atoms with E-state index in [2.05, 4.69) is 5.32 Å². The number of methoxy groups -OCH3 is 1. The van der Waals surface area contributed by atoms with Gasteiger partial charge in [0.05, 0.1) is 11.0 Å². The molecular formula is C16H19ClFNO2. The van der Waals surface area contributed by atoms with Crippen molar-refractivity contribution in [2.75, 3.05) is 12.4 Å². The molecule has 0 bridgehead atoms. The second kappa shape index (κ2) is 5.58. The van der Waals surface area contributed by atoms with Gasteiger partial charge in [-0.1, -0.05) is 0 Å². The van der Waals surface area contributed by atoms with Gasteiger partial charge in [0.2, 0.25) is 5.91 Å². The second-order valence-electron chi connectivity index (χ2n) is 5.99. The Morgan fingerprint density at radius 3 is 2.81 bits per heavy atom. The summed E-state index contributed by atoms with van der Waals surface area (Å²) < 4.78 is 19.8. The number of halogens is 2. The van der Waals surface area contributed by atoms with Crippen LogP contribution in [0.3, 0.4) is 0 Å². The molecule has 21 heavy (non-hydrogen) atoms. The van der Waals surface area contributed by atoms with Gasteiger partial charge in [-0.25, -0.2) is 4.39 Å². The van der Waals surface area contributed by atoms with Gasteiger partial charge in [-0.3, -0.25) is 4.79 Å². The van der Waals surface area contributed by atoms with Gasteiger partial charge in [0, 0.05) is 24.8 Å². The summed E-state index contributed by atoms with van der Waals surface area (Å²) in [5.41, 5.74) is 1.84. The van der Waals surface area contributed by atoms with Crippen LogP contribution in [0.4, 0.5) is 10.1 Å². The molecule has 114 valence electrons. The number of rotatable bonds is 4. The van der Waals surface area contributed by atoms with Crippen LogP contribution in [0.5, 0.6) is 0 Å². The number of anilines is 1. The quantitative estimate of drug-likeness (QED) is 0.855. The van der Waals surface area contributed by atoms with Gasteiger partial charge in [-0.2, -0.15) is 0 Å². The Balaban J connectivity index is 1.83. The van der Waals surface area contributed by atoms with E-state index in [-0.39, 0.29) is 17.3 Å². The van der Waals surface area contributed by atoms with Crippen molar-refractivity contribution in [3.8, 4) is 0 Å². The molecule has 1 aliphatic carbocycles. The molecule has 1 saturated carbocycles. The number of carbonyl (C=O) groups excluding carboxylic acids is 1. The molecular weight excluding hydrogens is 293 g/mol. The summed E-state index contributed by atoms with van der Waals surface area (Å²) in [5, 5.41) is 2.29. The lowest BCUT2D eigenvalue weighted by Gasteiger charge is -2.42. The van der Waals surface area contributed by atoms with Crippen molar-refractivity contribution < 1.29 is 13.9 Å². The molecule has 0 saturated heterocycles. The number of alkyl halides is 1. The van der Waals surface area contributed by atoms with E-state index in [0.717, 1.165) is 24.8 Å². The maximum absolute atomic E-state index is 14.3. The lowest BCUT2D eigenvalue weighted by molar-refractivity contribution is -0.116. The molecule has 0 spiro atoms. The van der Waals surface area contributed by atoms with Crippen LogP contribution in [0, 0.1) is 5.82 Å². The van der Waals surface area contributed by atoms with Crippen LogP contribution in [0.25, 0.3) is 0 Å². The number of hydrogen-bond donors (Lipinski definition) is 1. The van der Waals surface area contributed by atoms with Crippen molar-refractivity contribution in [1.82, 2.24) is 0 Å². The normalized spacial score (nSPS) is 21.2. The van der Waals surface area contributed by atoms with E-state index in [1.165, 1.54) is 6.07 Å². The summed E-state index contributed by atoms with van der Waals surface area (Å²) in [5.74, 6) is -0.425. The van der Waals surface area contributed by atoms with Crippen LogP contribution >= 0.6 is 11.6 Å². The molecule has 1 atom stereocenters. The number of fused-ring (bicyclic) bond motifs is 1. The van der Waals surface area contributed by atoms with Crippen molar-refractivity contribution >= 4 is 23.2 Å². The molecule has 1 aliphatic heterocycles. The zero-order valence-electron chi connectivity index (χ0n) is 12.0. The first kappa shape index (κ1) is 14.8. The summed E-state index contributed by atoms with van der Waals surface area (Å²) >= 11 is 6.45.